The first-order valence-corrected chi connectivity index (χ1v) is 44.0. The highest BCUT2D eigenvalue weighted by molar-refractivity contribution is 7.87. The topological polar surface area (TPSA) is 362 Å². The van der Waals surface area contributed by atoms with E-state index in [1.165, 1.54) is 72.8 Å². The zero-order valence-electron chi connectivity index (χ0n) is 60.4. The number of hydrogen-bond acceptors (Lipinski definition) is 15. The summed E-state index contributed by atoms with van der Waals surface area (Å²) < 4.78 is 210. The van der Waals surface area contributed by atoms with Crippen LogP contribution in [-0.4, -0.2) is 84.9 Å². The summed E-state index contributed by atoms with van der Waals surface area (Å²) in [6.07, 6.45) is 5.85. The molecule has 21 nitrogen and oxygen atoms in total. The summed E-state index contributed by atoms with van der Waals surface area (Å²) in [6, 6.07) is 74.5. The molecule has 0 amide bonds. The molecule has 7 unspecified atom stereocenters. The van der Waals surface area contributed by atoms with Gasteiger partial charge >= 0.3 is 0 Å². The minimum atomic E-state index is -4.73. The Bertz CT molecular complexity index is 5910. The van der Waals surface area contributed by atoms with Crippen molar-refractivity contribution in [3.05, 3.63) is 327 Å². The first-order valence-electron chi connectivity index (χ1n) is 35.3. The van der Waals surface area contributed by atoms with Crippen LogP contribution in [0.1, 0.15) is 144 Å². The van der Waals surface area contributed by atoms with E-state index >= 15 is 0 Å². The van der Waals surface area contributed by atoms with Crippen LogP contribution >= 0.6 is 0 Å². The molecule has 11 aromatic carbocycles. The summed E-state index contributed by atoms with van der Waals surface area (Å²) in [4.78, 5) is -2.18. The molecular formula is C84H83N3O18S6. The van der Waals surface area contributed by atoms with Crippen LogP contribution in [0, 0.1) is 0 Å². The fourth-order valence-corrected chi connectivity index (χ4v) is 17.1. The van der Waals surface area contributed by atoms with Gasteiger partial charge in [0.2, 0.25) is 0 Å². The number of anilines is 5. The predicted molar refractivity (Wildman–Crippen MR) is 430 cm³/mol. The Morgan fingerprint density at radius 3 is 0.640 bits per heavy atom. The van der Waals surface area contributed by atoms with Gasteiger partial charge in [-0.15, -0.1) is 0 Å². The van der Waals surface area contributed by atoms with E-state index in [1.54, 1.807) is 72.8 Å². The number of nitrogens with one attached hydrogen (secondary N) is 3. The Morgan fingerprint density at radius 2 is 0.423 bits per heavy atom. The molecule has 0 fully saturated rings. The SMILES string of the molecule is CNc1ccc(Nc2ccc(C=c3ccc(=Cc4ccc(Nc5ccc(C(CC(CC(C)c6ccc(S(=O)(=O)O)cc6)c6ccc(S(=O)(=O)O)cc6)CC(CC(CC(CC(C)c6ccc(S(=O)(=O)O)cc6)c6ccc(S(=O)(=O)O)cc6)c6ccc(S(=O)(=O)O)cc6)c6ccc(S(=O)(=O)O)cc6)cc5)cc4)cc3)cc2)cc1. The van der Waals surface area contributed by atoms with E-state index < -0.39 is 100 Å². The fraction of sp³-hybridized carbons (Fsp3) is 0.190. The number of hydrogen-bond donors (Lipinski definition) is 9. The third-order valence-corrected chi connectivity index (χ3v) is 25.4. The zero-order chi connectivity index (χ0) is 79.6. The summed E-state index contributed by atoms with van der Waals surface area (Å²) >= 11 is 0. The molecule has 578 valence electrons. The van der Waals surface area contributed by atoms with Crippen molar-refractivity contribution in [2.24, 2.45) is 0 Å². The molecule has 0 heterocycles. The molecule has 0 bridgehead atoms. The van der Waals surface area contributed by atoms with E-state index in [0.29, 0.717) is 52.6 Å². The summed E-state index contributed by atoms with van der Waals surface area (Å²) in [5, 5.41) is 12.1. The highest BCUT2D eigenvalue weighted by Gasteiger charge is 2.32. The zero-order valence-corrected chi connectivity index (χ0v) is 65.3. The van der Waals surface area contributed by atoms with Crippen molar-refractivity contribution in [2.45, 2.75) is 123 Å². The summed E-state index contributed by atoms with van der Waals surface area (Å²) in [7, 11) is -26.0. The second kappa shape index (κ2) is 34.7. The molecule has 0 aromatic heterocycles. The van der Waals surface area contributed by atoms with Crippen molar-refractivity contribution in [1.82, 2.24) is 0 Å². The highest BCUT2D eigenvalue weighted by Crippen LogP contribution is 2.48. The van der Waals surface area contributed by atoms with E-state index in [2.05, 4.69) is 64.5 Å². The summed E-state index contributed by atoms with van der Waals surface area (Å²) in [6.45, 7) is 3.83. The van der Waals surface area contributed by atoms with Crippen molar-refractivity contribution in [1.29, 1.82) is 0 Å². The van der Waals surface area contributed by atoms with Gasteiger partial charge < -0.3 is 16.0 Å². The Balaban J connectivity index is 0.962. The third-order valence-electron chi connectivity index (χ3n) is 20.2. The highest BCUT2D eigenvalue weighted by atomic mass is 32.2. The Hall–Kier alpha value is -9.98. The Kier molecular flexibility index (Phi) is 25.7. The lowest BCUT2D eigenvalue weighted by Crippen LogP contribution is -2.17. The second-order valence-corrected chi connectivity index (χ2v) is 36.4. The average Bonchev–Trinajstić information content (AvgIpc) is 0.796. The van der Waals surface area contributed by atoms with Crippen LogP contribution < -0.4 is 26.4 Å². The summed E-state index contributed by atoms with van der Waals surface area (Å²) in [5.74, 6) is -3.35. The fourth-order valence-electron chi connectivity index (χ4n) is 14.2. The summed E-state index contributed by atoms with van der Waals surface area (Å²) in [5.41, 5.74) is 11.1. The average molecular weight is 1610 g/mol. The molecule has 0 aliphatic rings. The minimum Gasteiger partial charge on any atom is -0.388 e. The van der Waals surface area contributed by atoms with Crippen molar-refractivity contribution in [3.8, 4) is 0 Å². The Morgan fingerprint density at radius 1 is 0.243 bits per heavy atom. The standard InChI is InChI=1S/C84H83N3O18S6/c1-56(62-14-36-79(37-15-62)106(88,89)90)48-69(65-18-40-81(41-19-65)108(94,95)96)52-71(64-12-30-77(31-13-64)86-75-26-8-60(9-27-75)50-58-4-6-59(7-5-58)51-61-10-28-76(29-11-61)87-78-34-32-74(85-3)33-35-78)54-73(68-24-46-84(47-25-68)111(103,104)105)55-72(67-22-44-83(45-23-67)110(100,101)102)53-70(66-20-42-82(43-21-66)109(97,98)99)49-57(2)63-16-38-80(39-17-63)107(91,92)93/h4-47,50-51,56-57,69-73,85-87H,48-49,52-55H2,1-3H3,(H,88,89,90)(H,91,92,93)(H,94,95,96)(H,97,98,99)(H,100,101,102)(H,103,104,105). The van der Waals surface area contributed by atoms with E-state index in [4.69, 9.17) is 0 Å². The van der Waals surface area contributed by atoms with Gasteiger partial charge in [-0.25, -0.2) is 0 Å². The van der Waals surface area contributed by atoms with Crippen LogP contribution in [0.3, 0.4) is 0 Å². The van der Waals surface area contributed by atoms with Gasteiger partial charge in [0.05, 0.1) is 29.4 Å². The molecular weight excluding hydrogens is 1530 g/mol. The molecule has 0 saturated carbocycles. The van der Waals surface area contributed by atoms with Gasteiger partial charge in [0.15, 0.2) is 0 Å². The number of benzene rings is 11. The largest absolute Gasteiger partial charge is 0.388 e. The third kappa shape index (κ3) is 22.6. The lowest BCUT2D eigenvalue weighted by atomic mass is 9.71. The molecule has 0 spiro atoms. The molecule has 0 aliphatic carbocycles. The normalized spacial score (nSPS) is 14.2. The maximum Gasteiger partial charge on any atom is 0.294 e. The van der Waals surface area contributed by atoms with Gasteiger partial charge in [-0.3, -0.25) is 27.3 Å². The van der Waals surface area contributed by atoms with Gasteiger partial charge in [-0.2, -0.15) is 50.5 Å². The predicted octanol–water partition coefficient (Wildman–Crippen LogP) is 16.5. The first-order chi connectivity index (χ1) is 52.5. The first kappa shape index (κ1) is 82.0. The van der Waals surface area contributed by atoms with Crippen LogP contribution in [0.5, 0.6) is 0 Å². The van der Waals surface area contributed by atoms with E-state index in [1.807, 2.05) is 106 Å². The molecule has 0 radical (unpaired) electrons. The molecule has 7 atom stereocenters. The van der Waals surface area contributed by atoms with Gasteiger partial charge in [0.25, 0.3) is 60.7 Å². The second-order valence-electron chi connectivity index (χ2n) is 27.9. The molecule has 11 aromatic rings. The molecule has 27 heteroatoms. The molecule has 0 aliphatic heterocycles. The lowest BCUT2D eigenvalue weighted by molar-refractivity contribution is 0.386. The lowest BCUT2D eigenvalue weighted by Gasteiger charge is -2.33. The molecule has 0 saturated heterocycles. The van der Waals surface area contributed by atoms with Crippen LogP contribution in [0.4, 0.5) is 28.4 Å². The van der Waals surface area contributed by atoms with Crippen molar-refractivity contribution in [2.75, 3.05) is 23.0 Å². The molecule has 111 heavy (non-hydrogen) atoms. The van der Waals surface area contributed by atoms with Crippen LogP contribution in [-0.2, 0) is 60.7 Å². The molecule has 9 N–H and O–H groups in total. The van der Waals surface area contributed by atoms with Crippen LogP contribution in [0.15, 0.2) is 296 Å². The van der Waals surface area contributed by atoms with Gasteiger partial charge in [0, 0.05) is 35.5 Å². The monoisotopic (exact) mass is 1610 g/mol. The van der Waals surface area contributed by atoms with Crippen molar-refractivity contribution >= 4 is 101 Å². The van der Waals surface area contributed by atoms with E-state index in [0.717, 1.165) is 55.6 Å². The van der Waals surface area contributed by atoms with Crippen molar-refractivity contribution in [3.63, 3.8) is 0 Å². The van der Waals surface area contributed by atoms with Gasteiger partial charge in [0.1, 0.15) is 0 Å². The quantitative estimate of drug-likeness (QED) is 0.0177. The van der Waals surface area contributed by atoms with Gasteiger partial charge in [-0.05, 0) is 286 Å². The minimum absolute atomic E-state index is 0.202. The van der Waals surface area contributed by atoms with E-state index in [-0.39, 0.29) is 50.7 Å². The van der Waals surface area contributed by atoms with Crippen LogP contribution in [0.2, 0.25) is 0 Å². The van der Waals surface area contributed by atoms with Crippen LogP contribution in [0.25, 0.3) is 12.2 Å². The maximum absolute atomic E-state index is 12.7. The maximum atomic E-state index is 12.7. The molecule has 11 rings (SSSR count). The van der Waals surface area contributed by atoms with E-state index in [9.17, 15) is 77.8 Å². The van der Waals surface area contributed by atoms with Gasteiger partial charge in [-0.1, -0.05) is 147 Å². The Labute approximate surface area is 648 Å². The van der Waals surface area contributed by atoms with Crippen molar-refractivity contribution < 1.29 is 77.8 Å². The smallest absolute Gasteiger partial charge is 0.294 e. The number of rotatable bonds is 32.